The first-order valence-electron chi connectivity index (χ1n) is 14.1. The fourth-order valence-corrected chi connectivity index (χ4v) is 8.01. The largest absolute Gasteiger partial charge is 0.507 e. The first-order valence-corrected chi connectivity index (χ1v) is 14.1. The van der Waals surface area contributed by atoms with Gasteiger partial charge in [0.2, 0.25) is 5.91 Å². The van der Waals surface area contributed by atoms with E-state index in [1.807, 2.05) is 11.8 Å². The van der Waals surface area contributed by atoms with Gasteiger partial charge in [-0.3, -0.25) is 33.8 Å². The zero-order valence-corrected chi connectivity index (χ0v) is 23.5. The molecule has 1 aromatic carbocycles. The van der Waals surface area contributed by atoms with Gasteiger partial charge in [0.15, 0.2) is 34.7 Å². The van der Waals surface area contributed by atoms with E-state index >= 15 is 0 Å². The van der Waals surface area contributed by atoms with Crippen molar-refractivity contribution in [2.75, 3.05) is 20.6 Å². The molecule has 228 valence electrons. The lowest BCUT2D eigenvalue weighted by Crippen LogP contribution is -2.74. The van der Waals surface area contributed by atoms with Crippen LogP contribution in [-0.2, 0) is 38.3 Å². The molecule has 3 aliphatic carbocycles. The smallest absolute Gasteiger partial charge is 0.417 e. The summed E-state index contributed by atoms with van der Waals surface area (Å²) < 4.78 is 44.1. The Labute approximate surface area is 240 Å². The Morgan fingerprint density at radius 3 is 2.43 bits per heavy atom. The summed E-state index contributed by atoms with van der Waals surface area (Å²) >= 11 is 0. The summed E-state index contributed by atoms with van der Waals surface area (Å²) in [6.07, 6.45) is -3.25. The van der Waals surface area contributed by atoms with Gasteiger partial charge >= 0.3 is 6.18 Å². The van der Waals surface area contributed by atoms with Crippen LogP contribution in [0.4, 0.5) is 13.2 Å². The Bertz CT molecular complexity index is 1390. The minimum Gasteiger partial charge on any atom is -0.507 e. The molecule has 0 spiro atoms. The summed E-state index contributed by atoms with van der Waals surface area (Å²) in [6, 6.07) is -0.335. The number of halogens is 3. The Balaban J connectivity index is 1.64. The fraction of sp³-hybridized carbons (Fsp3) is 0.621. The Hall–Kier alpha value is -3.16. The number of fused-ring (bicyclic) bond motifs is 3. The average molecular weight is 594 g/mol. The van der Waals surface area contributed by atoms with Gasteiger partial charge in [-0.15, -0.1) is 0 Å². The predicted octanol–water partition coefficient (Wildman–Crippen LogP) is 1.26. The normalized spacial score (nSPS) is 33.5. The number of alkyl halides is 3. The van der Waals surface area contributed by atoms with Crippen LogP contribution in [0.5, 0.6) is 5.75 Å². The SMILES string of the molecule is CCC1CCCN1Cc1cc(O)c2c(c1C(F)(F)F)C[C@H]1C[C@H]3[C@H](N(C)C)C(=O)C(C(N)=O)C(=O)[C@@]3(O)C(=O)C1C2=O. The number of benzene rings is 1. The van der Waals surface area contributed by atoms with Gasteiger partial charge < -0.3 is 15.9 Å². The van der Waals surface area contributed by atoms with Gasteiger partial charge in [-0.1, -0.05) is 6.92 Å². The quantitative estimate of drug-likeness (QED) is 0.428. The van der Waals surface area contributed by atoms with Gasteiger partial charge in [0.05, 0.1) is 23.1 Å². The third-order valence-electron chi connectivity index (χ3n) is 9.77. The number of likely N-dealkylation sites (N-methyl/N-ethyl adjacent to an activating group) is 1. The maximum absolute atomic E-state index is 14.7. The zero-order valence-electron chi connectivity index (χ0n) is 23.5. The van der Waals surface area contributed by atoms with Crippen molar-refractivity contribution in [1.29, 1.82) is 0 Å². The molecule has 1 aromatic rings. The molecule has 0 radical (unpaired) electrons. The zero-order chi connectivity index (χ0) is 31.0. The lowest BCUT2D eigenvalue weighted by atomic mass is 9.52. The summed E-state index contributed by atoms with van der Waals surface area (Å²) in [5.41, 5.74) is 0.0474. The van der Waals surface area contributed by atoms with Crippen LogP contribution < -0.4 is 5.73 Å². The highest BCUT2D eigenvalue weighted by atomic mass is 19.4. The molecule has 1 saturated heterocycles. The number of carbonyl (C=O) groups excluding carboxylic acids is 5. The highest BCUT2D eigenvalue weighted by Crippen LogP contribution is 2.53. The van der Waals surface area contributed by atoms with Crippen molar-refractivity contribution in [3.05, 3.63) is 28.3 Å². The van der Waals surface area contributed by atoms with Gasteiger partial charge in [0.25, 0.3) is 0 Å². The number of Topliss-reactive ketones (excluding diaryl/α,β-unsaturated/α-hetero) is 4. The molecule has 10 nitrogen and oxygen atoms in total. The molecule has 0 aromatic heterocycles. The number of rotatable bonds is 5. The highest BCUT2D eigenvalue weighted by molar-refractivity contribution is 6.32. The number of aromatic hydroxyl groups is 1. The molecule has 13 heteroatoms. The van der Waals surface area contributed by atoms with Crippen molar-refractivity contribution < 1.29 is 47.4 Å². The molecule has 42 heavy (non-hydrogen) atoms. The molecular formula is C29H34F3N3O7. The summed E-state index contributed by atoms with van der Waals surface area (Å²) in [5.74, 6) is -13.3. The molecule has 1 aliphatic heterocycles. The van der Waals surface area contributed by atoms with Crippen molar-refractivity contribution in [3.8, 4) is 5.75 Å². The molecule has 3 fully saturated rings. The predicted molar refractivity (Wildman–Crippen MR) is 140 cm³/mol. The molecule has 7 atom stereocenters. The van der Waals surface area contributed by atoms with Crippen LogP contribution >= 0.6 is 0 Å². The maximum atomic E-state index is 14.7. The van der Waals surface area contributed by atoms with Gasteiger partial charge in [0.1, 0.15) is 5.75 Å². The van der Waals surface area contributed by atoms with E-state index in [4.69, 9.17) is 5.73 Å². The summed E-state index contributed by atoms with van der Waals surface area (Å²) in [6.45, 7) is 2.45. The first kappa shape index (κ1) is 30.3. The Kier molecular flexibility index (Phi) is 7.38. The second-order valence-electron chi connectivity index (χ2n) is 12.2. The molecule has 4 N–H and O–H groups in total. The van der Waals surface area contributed by atoms with E-state index in [9.17, 15) is 47.4 Å². The molecule has 2 saturated carbocycles. The fourth-order valence-electron chi connectivity index (χ4n) is 8.01. The minimum absolute atomic E-state index is 0.0810. The summed E-state index contributed by atoms with van der Waals surface area (Å²) in [4.78, 5) is 69.5. The number of amides is 1. The lowest BCUT2D eigenvalue weighted by Gasteiger charge is -2.52. The number of aliphatic hydroxyl groups is 1. The molecule has 1 heterocycles. The second-order valence-corrected chi connectivity index (χ2v) is 12.2. The molecule has 5 rings (SSSR count). The monoisotopic (exact) mass is 593 g/mol. The van der Waals surface area contributed by atoms with Crippen LogP contribution in [0.25, 0.3) is 0 Å². The van der Waals surface area contributed by atoms with Gasteiger partial charge in [-0.05, 0) is 75.9 Å². The van der Waals surface area contributed by atoms with Crippen molar-refractivity contribution >= 4 is 29.0 Å². The number of nitrogens with zero attached hydrogens (tertiary/aromatic N) is 2. The average Bonchev–Trinajstić information content (AvgIpc) is 3.31. The summed E-state index contributed by atoms with van der Waals surface area (Å²) in [7, 11) is 2.87. The van der Waals surface area contributed by atoms with E-state index in [2.05, 4.69) is 0 Å². The van der Waals surface area contributed by atoms with E-state index in [1.54, 1.807) is 0 Å². The van der Waals surface area contributed by atoms with Crippen LogP contribution in [0.1, 0.15) is 59.7 Å². The molecule has 3 unspecified atom stereocenters. The molecular weight excluding hydrogens is 559 g/mol. The summed E-state index contributed by atoms with van der Waals surface area (Å²) in [5, 5.41) is 22.5. The third-order valence-corrected chi connectivity index (χ3v) is 9.77. The van der Waals surface area contributed by atoms with Crippen LogP contribution in [0.3, 0.4) is 0 Å². The van der Waals surface area contributed by atoms with E-state index in [0.717, 1.165) is 25.3 Å². The number of nitrogens with two attached hydrogens (primary N) is 1. The van der Waals surface area contributed by atoms with Gasteiger partial charge in [-0.2, -0.15) is 13.2 Å². The third kappa shape index (κ3) is 4.31. The standard InChI is InChI=1S/C29H34F3N3O7/c1-4-14-6-5-7-35(14)11-13-10-17(36)19-15(21(13)29(30,31)32)8-12-9-16-22(34(2)3)24(38)20(27(33)41)26(40)28(16,42)25(39)18(12)23(19)37/h10,12,14,16,18,20,22,36,42H,4-9,11H2,1-3H3,(H2,33,41)/t12-,14?,16-,18?,20?,22-,28-/m0/s1. The van der Waals surface area contributed by atoms with E-state index in [1.165, 1.54) is 19.0 Å². The van der Waals surface area contributed by atoms with E-state index in [0.29, 0.717) is 6.54 Å². The number of likely N-dealkylation sites (tertiary alicyclic amines) is 1. The number of hydrogen-bond acceptors (Lipinski definition) is 9. The van der Waals surface area contributed by atoms with Crippen LogP contribution in [0, 0.1) is 23.7 Å². The highest BCUT2D eigenvalue weighted by Gasteiger charge is 2.69. The van der Waals surface area contributed by atoms with E-state index in [-0.39, 0.29) is 24.6 Å². The van der Waals surface area contributed by atoms with Crippen LogP contribution in [-0.4, -0.2) is 87.4 Å². The molecule has 4 aliphatic rings. The van der Waals surface area contributed by atoms with Crippen molar-refractivity contribution in [3.63, 3.8) is 0 Å². The number of phenols is 1. The second kappa shape index (κ2) is 10.2. The lowest BCUT2D eigenvalue weighted by molar-refractivity contribution is -0.181. The molecule has 1 amide bonds. The van der Waals surface area contributed by atoms with E-state index < -0.39 is 99.4 Å². The first-order chi connectivity index (χ1) is 19.5. The number of carbonyl (C=O) groups is 5. The van der Waals surface area contributed by atoms with Crippen molar-refractivity contribution in [2.24, 2.45) is 29.4 Å². The Morgan fingerprint density at radius 2 is 1.86 bits per heavy atom. The number of phenolic OH excluding ortho intramolecular Hbond substituents is 1. The minimum atomic E-state index is -4.89. The van der Waals surface area contributed by atoms with Crippen LogP contribution in [0.2, 0.25) is 0 Å². The topological polar surface area (TPSA) is 158 Å². The molecule has 0 bridgehead atoms. The van der Waals surface area contributed by atoms with Crippen LogP contribution in [0.15, 0.2) is 6.07 Å². The number of hydrogen-bond donors (Lipinski definition) is 3. The van der Waals surface area contributed by atoms with Crippen molar-refractivity contribution in [1.82, 2.24) is 9.80 Å². The number of ketones is 4. The van der Waals surface area contributed by atoms with Gasteiger partial charge in [0, 0.05) is 18.5 Å². The van der Waals surface area contributed by atoms with Crippen molar-refractivity contribution in [2.45, 2.75) is 69.4 Å². The maximum Gasteiger partial charge on any atom is 0.417 e. The number of primary amides is 1. The van der Waals surface area contributed by atoms with Gasteiger partial charge in [-0.25, -0.2) is 0 Å². The Morgan fingerprint density at radius 1 is 1.19 bits per heavy atom.